The molecular weight excluding hydrogens is 699 g/mol. The van der Waals surface area contributed by atoms with Crippen LogP contribution in [0.2, 0.25) is 0 Å². The Hall–Kier alpha value is -3.92. The van der Waals surface area contributed by atoms with Crippen molar-refractivity contribution in [3.63, 3.8) is 0 Å². The minimum atomic E-state index is -1.61. The Bertz CT molecular complexity index is 1820. The molecule has 1 fully saturated rings. The first-order valence-corrected chi connectivity index (χ1v) is 18.9. The van der Waals surface area contributed by atoms with E-state index in [1.54, 1.807) is 25.0 Å². The molecule has 0 radical (unpaired) electrons. The number of nitrogens with one attached hydrogen (secondary N) is 1. The van der Waals surface area contributed by atoms with Gasteiger partial charge in [-0.2, -0.15) is 5.26 Å². The van der Waals surface area contributed by atoms with Crippen LogP contribution >= 0.6 is 20.7 Å². The molecule has 1 saturated heterocycles. The number of hydrogen-bond acceptors (Lipinski definition) is 10. The van der Waals surface area contributed by atoms with Crippen molar-refractivity contribution < 1.29 is 28.0 Å². The highest BCUT2D eigenvalue weighted by Crippen LogP contribution is 2.50. The smallest absolute Gasteiger partial charge is 0.259 e. The normalized spacial score (nSPS) is 18.1. The van der Waals surface area contributed by atoms with Crippen LogP contribution in [-0.2, 0) is 24.1 Å². The fourth-order valence-corrected chi connectivity index (χ4v) is 8.52. The summed E-state index contributed by atoms with van der Waals surface area (Å²) in [6, 6.07) is 29.6. The standard InChI is InChI=1S/C39H47N4O7PS/c1-27(2)43(28(3)4)51(48-24-10-22-40)50-34-25-37(42-23-21-36(44)41-38(42)52)49-35(34)26-47-39(29-11-8-7-9-12-29,30-13-17-32(45-5)18-14-30)31-15-19-33(46-6)20-16-31/h7-9,11-21,23,27-28,34-35,37H,10,24-26H2,1-6H3,(H,41,44,52)/t34?,35-,37-,51?/m1/s1. The van der Waals surface area contributed by atoms with E-state index >= 15 is 0 Å². The van der Waals surface area contributed by atoms with E-state index in [1.807, 2.05) is 78.9 Å². The van der Waals surface area contributed by atoms with Gasteiger partial charge in [0.15, 0.2) is 4.77 Å². The molecule has 11 nitrogen and oxygen atoms in total. The van der Waals surface area contributed by atoms with E-state index in [1.165, 1.54) is 6.07 Å². The average Bonchev–Trinajstić information content (AvgIpc) is 3.54. The molecule has 0 amide bonds. The number of H-pyrrole nitrogens is 1. The molecule has 2 heterocycles. The predicted molar refractivity (Wildman–Crippen MR) is 203 cm³/mol. The highest BCUT2D eigenvalue weighted by Gasteiger charge is 2.45. The molecule has 0 aliphatic carbocycles. The third-order valence-corrected chi connectivity index (χ3v) is 11.3. The van der Waals surface area contributed by atoms with Gasteiger partial charge in [-0.25, -0.2) is 4.67 Å². The molecule has 1 aromatic heterocycles. The summed E-state index contributed by atoms with van der Waals surface area (Å²) in [6.45, 7) is 8.72. The number of rotatable bonds is 17. The zero-order chi connectivity index (χ0) is 37.3. The van der Waals surface area contributed by atoms with Gasteiger partial charge in [0.2, 0.25) is 0 Å². The molecule has 4 aromatic rings. The minimum absolute atomic E-state index is 0.102. The lowest BCUT2D eigenvalue weighted by Crippen LogP contribution is -2.39. The fraction of sp³-hybridized carbons (Fsp3) is 0.410. The summed E-state index contributed by atoms with van der Waals surface area (Å²) >= 11 is 5.55. The van der Waals surface area contributed by atoms with Gasteiger partial charge in [0.1, 0.15) is 29.4 Å². The Morgan fingerprint density at radius 1 is 0.942 bits per heavy atom. The summed E-state index contributed by atoms with van der Waals surface area (Å²) < 4.78 is 42.4. The first-order valence-electron chi connectivity index (χ1n) is 17.3. The third kappa shape index (κ3) is 8.99. The summed E-state index contributed by atoms with van der Waals surface area (Å²) in [5, 5.41) is 9.29. The van der Waals surface area contributed by atoms with Crippen LogP contribution in [0.5, 0.6) is 11.5 Å². The van der Waals surface area contributed by atoms with Gasteiger partial charge in [-0.15, -0.1) is 0 Å². The first-order chi connectivity index (χ1) is 25.1. The molecule has 13 heteroatoms. The number of benzene rings is 3. The van der Waals surface area contributed by atoms with Gasteiger partial charge in [-0.05, 0) is 80.9 Å². The van der Waals surface area contributed by atoms with Crippen molar-refractivity contribution in [2.24, 2.45) is 0 Å². The second kappa shape index (κ2) is 18.2. The quantitative estimate of drug-likeness (QED) is 0.0495. The van der Waals surface area contributed by atoms with Crippen LogP contribution in [0, 0.1) is 16.1 Å². The first kappa shape index (κ1) is 39.3. The Kier molecular flexibility index (Phi) is 13.8. The van der Waals surface area contributed by atoms with Crippen molar-refractivity contribution in [1.29, 1.82) is 5.26 Å². The Balaban J connectivity index is 1.59. The van der Waals surface area contributed by atoms with Crippen LogP contribution in [0.25, 0.3) is 0 Å². The largest absolute Gasteiger partial charge is 0.497 e. The Morgan fingerprint density at radius 3 is 2.04 bits per heavy atom. The number of aromatic nitrogens is 2. The van der Waals surface area contributed by atoms with E-state index in [-0.39, 0.29) is 42.0 Å². The molecule has 1 N–H and O–H groups in total. The van der Waals surface area contributed by atoms with E-state index in [9.17, 15) is 10.1 Å². The second-order valence-electron chi connectivity index (χ2n) is 12.9. The maximum absolute atomic E-state index is 12.1. The van der Waals surface area contributed by atoms with Crippen LogP contribution in [0.1, 0.15) is 63.5 Å². The maximum Gasteiger partial charge on any atom is 0.259 e. The molecule has 1 aliphatic heterocycles. The summed E-state index contributed by atoms with van der Waals surface area (Å²) in [5.74, 6) is 1.44. The van der Waals surface area contributed by atoms with Gasteiger partial charge in [0.25, 0.3) is 14.1 Å². The van der Waals surface area contributed by atoms with Gasteiger partial charge in [-0.1, -0.05) is 54.6 Å². The van der Waals surface area contributed by atoms with Gasteiger partial charge in [-0.3, -0.25) is 14.3 Å². The number of nitriles is 1. The molecular formula is C39H47N4O7PS. The number of nitrogens with zero attached hydrogens (tertiary/aromatic N) is 3. The number of ether oxygens (including phenoxy) is 4. The molecule has 3 aromatic carbocycles. The van der Waals surface area contributed by atoms with E-state index in [2.05, 4.69) is 43.4 Å². The molecule has 52 heavy (non-hydrogen) atoms. The summed E-state index contributed by atoms with van der Waals surface area (Å²) in [4.78, 5) is 14.8. The van der Waals surface area contributed by atoms with Crippen LogP contribution in [0.15, 0.2) is 95.9 Å². The maximum atomic E-state index is 12.1. The van der Waals surface area contributed by atoms with Crippen LogP contribution in [0.4, 0.5) is 0 Å². The van der Waals surface area contributed by atoms with Gasteiger partial charge < -0.3 is 28.0 Å². The number of aromatic amines is 1. The van der Waals surface area contributed by atoms with Crippen LogP contribution < -0.4 is 15.0 Å². The molecule has 1 aliphatic rings. The average molecular weight is 747 g/mol. The van der Waals surface area contributed by atoms with E-state index in [0.29, 0.717) is 6.42 Å². The number of hydrogen-bond donors (Lipinski definition) is 1. The third-order valence-electron chi connectivity index (χ3n) is 8.87. The second-order valence-corrected chi connectivity index (χ2v) is 14.7. The van der Waals surface area contributed by atoms with Crippen molar-refractivity contribution in [3.05, 3.63) is 123 Å². The predicted octanol–water partition coefficient (Wildman–Crippen LogP) is 7.88. The molecule has 4 atom stereocenters. The molecule has 0 bridgehead atoms. The highest BCUT2D eigenvalue weighted by atomic mass is 32.1. The zero-order valence-corrected chi connectivity index (χ0v) is 32.1. The van der Waals surface area contributed by atoms with E-state index < -0.39 is 32.6 Å². The molecule has 0 saturated carbocycles. The van der Waals surface area contributed by atoms with Gasteiger partial charge in [0.05, 0.1) is 46.0 Å². The zero-order valence-electron chi connectivity index (χ0n) is 30.4. The van der Waals surface area contributed by atoms with Crippen molar-refractivity contribution in [2.75, 3.05) is 27.4 Å². The van der Waals surface area contributed by atoms with Crippen molar-refractivity contribution in [1.82, 2.24) is 14.2 Å². The Morgan fingerprint density at radius 2 is 1.52 bits per heavy atom. The van der Waals surface area contributed by atoms with Crippen molar-refractivity contribution >= 4 is 20.7 Å². The van der Waals surface area contributed by atoms with Crippen LogP contribution in [0.3, 0.4) is 0 Å². The Labute approximate surface area is 312 Å². The summed E-state index contributed by atoms with van der Waals surface area (Å²) in [6.07, 6.45) is 0.617. The van der Waals surface area contributed by atoms with Crippen LogP contribution in [-0.4, -0.2) is 65.9 Å². The topological polar surface area (TPSA) is 120 Å². The molecule has 276 valence electrons. The molecule has 2 unspecified atom stereocenters. The highest BCUT2D eigenvalue weighted by molar-refractivity contribution is 7.71. The minimum Gasteiger partial charge on any atom is -0.497 e. The lowest BCUT2D eigenvalue weighted by molar-refractivity contribution is -0.0922. The van der Waals surface area contributed by atoms with Gasteiger partial charge in [0, 0.05) is 30.8 Å². The lowest BCUT2D eigenvalue weighted by atomic mass is 9.80. The van der Waals surface area contributed by atoms with Crippen molar-refractivity contribution in [2.45, 2.75) is 76.7 Å². The monoisotopic (exact) mass is 746 g/mol. The molecule has 5 rings (SSSR count). The molecule has 0 spiro atoms. The van der Waals surface area contributed by atoms with Gasteiger partial charge >= 0.3 is 0 Å². The van der Waals surface area contributed by atoms with Crippen molar-refractivity contribution in [3.8, 4) is 17.6 Å². The van der Waals surface area contributed by atoms with E-state index in [0.717, 1.165) is 28.2 Å². The summed E-state index contributed by atoms with van der Waals surface area (Å²) in [7, 11) is 1.67. The van der Waals surface area contributed by atoms with E-state index in [4.69, 9.17) is 40.2 Å². The summed E-state index contributed by atoms with van der Waals surface area (Å²) in [5.41, 5.74) is 1.29. The SMILES string of the molecule is COc1ccc(C(OC[C@H]2O[C@@H](n3ccc(=O)[nH]c3=S)CC2OP(OCCC#N)N(C(C)C)C(C)C)(c2ccccc2)c2ccc(OC)cc2)cc1. The fourth-order valence-electron chi connectivity index (χ4n) is 6.48. The number of methoxy groups -OCH3 is 2. The lowest BCUT2D eigenvalue weighted by Gasteiger charge is -2.39.